The molecule has 0 aliphatic rings. The van der Waals surface area contributed by atoms with E-state index >= 15 is 0 Å². The number of oxazole rings is 1. The van der Waals surface area contributed by atoms with Crippen LogP contribution in [-0.2, 0) is 11.3 Å². The van der Waals surface area contributed by atoms with Gasteiger partial charge >= 0.3 is 0 Å². The topological polar surface area (TPSA) is 85.8 Å². The molecule has 0 fully saturated rings. The highest BCUT2D eigenvalue weighted by Gasteiger charge is 2.16. The van der Waals surface area contributed by atoms with Gasteiger partial charge in [0.25, 0.3) is 5.22 Å². The van der Waals surface area contributed by atoms with E-state index in [9.17, 15) is 4.79 Å². The van der Waals surface area contributed by atoms with E-state index in [0.29, 0.717) is 22.9 Å². The molecular formula is C23H19N5O2S. The molecule has 0 spiro atoms. The van der Waals surface area contributed by atoms with Crippen molar-refractivity contribution in [1.29, 1.82) is 0 Å². The fourth-order valence-electron chi connectivity index (χ4n) is 3.28. The molecule has 0 saturated heterocycles. The first-order valence-corrected chi connectivity index (χ1v) is 10.8. The molecule has 154 valence electrons. The van der Waals surface area contributed by atoms with Gasteiger partial charge in [-0.15, -0.1) is 15.0 Å². The Balaban J connectivity index is 1.35. The second-order valence-electron chi connectivity index (χ2n) is 7.14. The minimum Gasteiger partial charge on any atom is -0.429 e. The molecule has 5 rings (SSSR count). The number of rotatable bonds is 6. The maximum absolute atomic E-state index is 12.2. The van der Waals surface area contributed by atoms with Crippen molar-refractivity contribution in [3.8, 4) is 5.69 Å². The van der Waals surface area contributed by atoms with Gasteiger partial charge in [-0.2, -0.15) is 0 Å². The Bertz CT molecular complexity index is 1340. The summed E-state index contributed by atoms with van der Waals surface area (Å²) < 4.78 is 5.99. The van der Waals surface area contributed by atoms with Gasteiger partial charge < -0.3 is 9.73 Å². The van der Waals surface area contributed by atoms with Crippen molar-refractivity contribution in [3.05, 3.63) is 77.9 Å². The maximum atomic E-state index is 12.2. The lowest BCUT2D eigenvalue weighted by molar-refractivity contribution is -0.118. The Morgan fingerprint density at radius 1 is 1.00 bits per heavy atom. The fraction of sp³-hybridized carbons (Fsp3) is 0.130. The van der Waals surface area contributed by atoms with Gasteiger partial charge in [0.2, 0.25) is 5.91 Å². The van der Waals surface area contributed by atoms with Gasteiger partial charge in [-0.25, -0.2) is 4.98 Å². The highest BCUT2D eigenvalue weighted by Crippen LogP contribution is 2.29. The third-order valence-electron chi connectivity index (χ3n) is 4.76. The number of carbonyl (C=O) groups excluding carboxylic acids is 1. The van der Waals surface area contributed by atoms with E-state index in [1.165, 1.54) is 11.8 Å². The van der Waals surface area contributed by atoms with Crippen LogP contribution in [0.15, 0.2) is 76.4 Å². The summed E-state index contributed by atoms with van der Waals surface area (Å²) in [6.45, 7) is 2.49. The van der Waals surface area contributed by atoms with E-state index in [0.717, 1.165) is 27.8 Å². The summed E-state index contributed by atoms with van der Waals surface area (Å²) in [6.07, 6.45) is 0. The number of hydrogen-bond acceptors (Lipinski definition) is 6. The van der Waals surface area contributed by atoms with Crippen molar-refractivity contribution in [2.75, 3.05) is 5.75 Å². The molecule has 5 aromatic rings. The van der Waals surface area contributed by atoms with E-state index in [2.05, 4.69) is 20.5 Å². The molecule has 2 heterocycles. The van der Waals surface area contributed by atoms with E-state index < -0.39 is 0 Å². The number of benzene rings is 3. The van der Waals surface area contributed by atoms with Crippen LogP contribution in [0.2, 0.25) is 0 Å². The summed E-state index contributed by atoms with van der Waals surface area (Å²) in [5.41, 5.74) is 5.72. The lowest BCUT2D eigenvalue weighted by Gasteiger charge is -2.03. The molecule has 0 aliphatic heterocycles. The van der Waals surface area contributed by atoms with E-state index in [1.54, 1.807) is 4.80 Å². The number of nitrogens with one attached hydrogen (secondary N) is 1. The molecule has 2 aromatic heterocycles. The Kier molecular flexibility index (Phi) is 5.13. The van der Waals surface area contributed by atoms with Gasteiger partial charge in [-0.05, 0) is 42.3 Å². The van der Waals surface area contributed by atoms with Gasteiger partial charge in [0.05, 0.1) is 5.75 Å². The predicted molar refractivity (Wildman–Crippen MR) is 120 cm³/mol. The number of aryl methyl sites for hydroxylation is 1. The zero-order valence-electron chi connectivity index (χ0n) is 16.8. The fourth-order valence-corrected chi connectivity index (χ4v) is 3.95. The summed E-state index contributed by atoms with van der Waals surface area (Å²) in [5, 5.41) is 12.5. The smallest absolute Gasteiger partial charge is 0.257 e. The van der Waals surface area contributed by atoms with Crippen LogP contribution in [-0.4, -0.2) is 31.6 Å². The van der Waals surface area contributed by atoms with Crippen LogP contribution in [0, 0.1) is 6.92 Å². The van der Waals surface area contributed by atoms with Gasteiger partial charge in [0.1, 0.15) is 22.2 Å². The van der Waals surface area contributed by atoms with Crippen LogP contribution in [0.3, 0.4) is 0 Å². The quantitative estimate of drug-likeness (QED) is 0.406. The SMILES string of the molecule is Cc1cc(-n2nc3ccccc3n2)c2oc(SCC(=O)NCc3ccccc3)nc2c1. The molecule has 0 saturated carbocycles. The highest BCUT2D eigenvalue weighted by molar-refractivity contribution is 7.99. The molecule has 1 amide bonds. The number of aromatic nitrogens is 4. The van der Waals surface area contributed by atoms with Crippen molar-refractivity contribution in [2.24, 2.45) is 0 Å². The standard InChI is InChI=1S/C23H19N5O2S/c1-15-11-19-22(20(12-15)28-26-17-9-5-6-10-18(17)27-28)30-23(25-19)31-14-21(29)24-13-16-7-3-2-4-8-16/h2-12H,13-14H2,1H3,(H,24,29). The average Bonchev–Trinajstić information content (AvgIpc) is 3.40. The lowest BCUT2D eigenvalue weighted by atomic mass is 10.2. The van der Waals surface area contributed by atoms with E-state index in [-0.39, 0.29) is 11.7 Å². The normalized spacial score (nSPS) is 11.3. The van der Waals surface area contributed by atoms with E-state index in [1.807, 2.05) is 73.7 Å². The molecule has 0 atom stereocenters. The molecule has 8 heteroatoms. The van der Waals surface area contributed by atoms with Crippen LogP contribution >= 0.6 is 11.8 Å². The molecular weight excluding hydrogens is 410 g/mol. The third-order valence-corrected chi connectivity index (χ3v) is 5.58. The van der Waals surface area contributed by atoms with Gasteiger partial charge in [-0.1, -0.05) is 54.2 Å². The largest absolute Gasteiger partial charge is 0.429 e. The van der Waals surface area contributed by atoms with Crippen LogP contribution < -0.4 is 5.32 Å². The second kappa shape index (κ2) is 8.23. The Morgan fingerprint density at radius 2 is 1.71 bits per heavy atom. The first kappa shape index (κ1) is 19.3. The number of hydrogen-bond donors (Lipinski definition) is 1. The zero-order chi connectivity index (χ0) is 21.2. The van der Waals surface area contributed by atoms with Crippen LogP contribution in [0.4, 0.5) is 0 Å². The zero-order valence-corrected chi connectivity index (χ0v) is 17.6. The lowest BCUT2D eigenvalue weighted by Crippen LogP contribution is -2.24. The summed E-state index contributed by atoms with van der Waals surface area (Å²) in [4.78, 5) is 18.3. The molecule has 3 aromatic carbocycles. The molecule has 0 unspecified atom stereocenters. The summed E-state index contributed by atoms with van der Waals surface area (Å²) in [6, 6.07) is 21.4. The van der Waals surface area contributed by atoms with Crippen molar-refractivity contribution in [1.82, 2.24) is 25.3 Å². The number of fused-ring (bicyclic) bond motifs is 2. The summed E-state index contributed by atoms with van der Waals surface area (Å²) in [5.74, 6) is 0.144. The minimum absolute atomic E-state index is 0.0764. The number of amides is 1. The third kappa shape index (κ3) is 4.15. The molecule has 0 aliphatic carbocycles. The maximum Gasteiger partial charge on any atom is 0.257 e. The van der Waals surface area contributed by atoms with E-state index in [4.69, 9.17) is 4.42 Å². The molecule has 31 heavy (non-hydrogen) atoms. The Labute approximate surface area is 182 Å². The molecule has 0 bridgehead atoms. The van der Waals surface area contributed by atoms with Crippen molar-refractivity contribution in [3.63, 3.8) is 0 Å². The van der Waals surface area contributed by atoms with Gasteiger partial charge in [0, 0.05) is 6.54 Å². The van der Waals surface area contributed by atoms with Gasteiger partial charge in [-0.3, -0.25) is 4.79 Å². The van der Waals surface area contributed by atoms with Crippen molar-refractivity contribution >= 4 is 39.8 Å². The average molecular weight is 430 g/mol. The molecule has 1 N–H and O–H groups in total. The minimum atomic E-state index is -0.0764. The first-order chi connectivity index (χ1) is 15.2. The number of nitrogens with zero attached hydrogens (tertiary/aromatic N) is 4. The molecule has 0 radical (unpaired) electrons. The van der Waals surface area contributed by atoms with Crippen LogP contribution in [0.5, 0.6) is 0 Å². The number of carbonyl (C=O) groups is 1. The van der Waals surface area contributed by atoms with Crippen LogP contribution in [0.25, 0.3) is 27.8 Å². The van der Waals surface area contributed by atoms with Crippen LogP contribution in [0.1, 0.15) is 11.1 Å². The predicted octanol–water partition coefficient (Wildman–Crippen LogP) is 4.28. The first-order valence-electron chi connectivity index (χ1n) is 9.83. The Morgan fingerprint density at radius 3 is 2.45 bits per heavy atom. The highest BCUT2D eigenvalue weighted by atomic mass is 32.2. The Hall–Kier alpha value is -3.65. The number of thioether (sulfide) groups is 1. The summed E-state index contributed by atoms with van der Waals surface area (Å²) >= 11 is 1.26. The summed E-state index contributed by atoms with van der Waals surface area (Å²) in [7, 11) is 0. The van der Waals surface area contributed by atoms with Crippen molar-refractivity contribution in [2.45, 2.75) is 18.7 Å². The monoisotopic (exact) mass is 429 g/mol. The second-order valence-corrected chi connectivity index (χ2v) is 8.07. The van der Waals surface area contributed by atoms with Crippen molar-refractivity contribution < 1.29 is 9.21 Å². The molecule has 7 nitrogen and oxygen atoms in total. The van der Waals surface area contributed by atoms with Gasteiger partial charge in [0.15, 0.2) is 5.58 Å².